The zero-order valence-electron chi connectivity index (χ0n) is 15.9. The molecule has 3 atom stereocenters. The van der Waals surface area contributed by atoms with E-state index in [-0.39, 0.29) is 11.3 Å². The summed E-state index contributed by atoms with van der Waals surface area (Å²) in [7, 11) is 0. The van der Waals surface area contributed by atoms with Crippen molar-refractivity contribution in [2.75, 3.05) is 13.1 Å². The molecule has 26 heavy (non-hydrogen) atoms. The van der Waals surface area contributed by atoms with Gasteiger partial charge < -0.3 is 4.90 Å². The van der Waals surface area contributed by atoms with Gasteiger partial charge in [-0.25, -0.2) is 0 Å². The predicted molar refractivity (Wildman–Crippen MR) is 101 cm³/mol. The van der Waals surface area contributed by atoms with Crippen LogP contribution in [0, 0.1) is 23.2 Å². The third-order valence-electron chi connectivity index (χ3n) is 7.71. The quantitative estimate of drug-likeness (QED) is 0.821. The summed E-state index contributed by atoms with van der Waals surface area (Å²) in [4.78, 5) is 26.5. The molecule has 0 N–H and O–H groups in total. The highest BCUT2D eigenvalue weighted by Gasteiger charge is 2.59. The van der Waals surface area contributed by atoms with E-state index < -0.39 is 0 Å². The number of hydrogen-bond donors (Lipinski definition) is 0. The normalized spacial score (nSPS) is 38.0. The number of amides is 1. The van der Waals surface area contributed by atoms with Crippen LogP contribution >= 0.6 is 0 Å². The highest BCUT2D eigenvalue weighted by atomic mass is 16.2. The molecule has 0 radical (unpaired) electrons. The Labute approximate surface area is 156 Å². The first-order valence-corrected chi connectivity index (χ1v) is 10.4. The van der Waals surface area contributed by atoms with Crippen LogP contribution in [0.3, 0.4) is 0 Å². The largest absolute Gasteiger partial charge is 0.342 e. The minimum absolute atomic E-state index is 0.196. The maximum Gasteiger partial charge on any atom is 0.225 e. The second-order valence-electron chi connectivity index (χ2n) is 9.74. The zero-order chi connectivity index (χ0) is 18.1. The lowest BCUT2D eigenvalue weighted by molar-refractivity contribution is -0.143. The van der Waals surface area contributed by atoms with E-state index >= 15 is 0 Å². The van der Waals surface area contributed by atoms with Gasteiger partial charge in [-0.3, -0.25) is 9.59 Å². The summed E-state index contributed by atoms with van der Waals surface area (Å²) in [6.45, 7) is 6.36. The van der Waals surface area contributed by atoms with Crippen LogP contribution in [0.25, 0.3) is 0 Å². The summed E-state index contributed by atoms with van der Waals surface area (Å²) >= 11 is 0. The lowest BCUT2D eigenvalue weighted by Gasteiger charge is -2.45. The van der Waals surface area contributed by atoms with Crippen LogP contribution in [-0.4, -0.2) is 29.7 Å². The summed E-state index contributed by atoms with van der Waals surface area (Å²) in [6, 6.07) is 9.15. The number of rotatable bonds is 3. The average molecular weight is 351 g/mol. The molecule has 138 valence electrons. The third kappa shape index (κ3) is 2.54. The third-order valence-corrected chi connectivity index (χ3v) is 7.71. The summed E-state index contributed by atoms with van der Waals surface area (Å²) < 4.78 is 0. The number of nitrogens with zero attached hydrogens (tertiary/aromatic N) is 1. The van der Waals surface area contributed by atoms with E-state index in [2.05, 4.69) is 43.0 Å². The molecule has 1 unspecified atom stereocenters. The van der Waals surface area contributed by atoms with Crippen molar-refractivity contribution in [1.29, 1.82) is 0 Å². The first-order chi connectivity index (χ1) is 12.5. The van der Waals surface area contributed by atoms with Gasteiger partial charge >= 0.3 is 0 Å². The molecular formula is C23H29NO2. The average Bonchev–Trinajstić information content (AvgIpc) is 2.94. The number of fused-ring (bicyclic) bond motifs is 1. The number of likely N-dealkylation sites (tertiary alicyclic amines) is 1. The fraction of sp³-hybridized carbons (Fsp3) is 0.652. The Hall–Kier alpha value is -1.64. The van der Waals surface area contributed by atoms with Crippen LogP contribution < -0.4 is 0 Å². The molecule has 5 rings (SSSR count). The number of Topliss-reactive ketones (excluding diaryl/α,β-unsaturated/α-hetero) is 1. The van der Waals surface area contributed by atoms with Crippen molar-refractivity contribution in [3.05, 3.63) is 35.4 Å². The van der Waals surface area contributed by atoms with E-state index in [9.17, 15) is 9.59 Å². The van der Waals surface area contributed by atoms with E-state index in [0.717, 1.165) is 45.2 Å². The minimum Gasteiger partial charge on any atom is -0.342 e. The SMILES string of the molecule is CC(C)c1ccc(C2[C@H]3CN(C(=O)C4CC5(CCC(=O)C5)C4)C[C@@H]23)cc1. The van der Waals surface area contributed by atoms with Crippen LogP contribution in [-0.2, 0) is 9.59 Å². The number of carbonyl (C=O) groups is 2. The second kappa shape index (κ2) is 5.68. The molecule has 3 nitrogen and oxygen atoms in total. The van der Waals surface area contributed by atoms with Crippen molar-refractivity contribution in [2.45, 2.75) is 57.8 Å². The Morgan fingerprint density at radius 3 is 2.31 bits per heavy atom. The van der Waals surface area contributed by atoms with Gasteiger partial charge in [-0.2, -0.15) is 0 Å². The standard InChI is InChI=1S/C23H29NO2/c1-14(2)15-3-5-16(6-4-15)21-19-12-24(13-20(19)21)22(26)17-9-23(10-17)8-7-18(25)11-23/h3-6,14,17,19-21H,7-13H2,1-2H3/t17?,19-,20+,21?,23?. The molecule has 4 aliphatic rings. The van der Waals surface area contributed by atoms with Crippen LogP contribution in [0.4, 0.5) is 0 Å². The molecule has 0 aromatic heterocycles. The van der Waals surface area contributed by atoms with Crippen LogP contribution in [0.2, 0.25) is 0 Å². The molecule has 1 heterocycles. The number of ketones is 1. The molecule has 1 saturated heterocycles. The highest BCUT2D eigenvalue weighted by molar-refractivity contribution is 5.84. The maximum atomic E-state index is 12.8. The van der Waals surface area contributed by atoms with Crippen molar-refractivity contribution >= 4 is 11.7 Å². The Bertz CT molecular complexity index is 732. The van der Waals surface area contributed by atoms with E-state index in [1.165, 1.54) is 11.1 Å². The summed E-state index contributed by atoms with van der Waals surface area (Å²) in [5, 5.41) is 0. The van der Waals surface area contributed by atoms with Gasteiger partial charge in [0.2, 0.25) is 5.91 Å². The monoisotopic (exact) mass is 351 g/mol. The van der Waals surface area contributed by atoms with Gasteiger partial charge in [-0.05, 0) is 59.5 Å². The van der Waals surface area contributed by atoms with Crippen molar-refractivity contribution in [3.8, 4) is 0 Å². The highest BCUT2D eigenvalue weighted by Crippen LogP contribution is 2.60. The topological polar surface area (TPSA) is 37.4 Å². The fourth-order valence-corrected chi connectivity index (χ4v) is 6.07. The molecule has 4 fully saturated rings. The summed E-state index contributed by atoms with van der Waals surface area (Å²) in [5.41, 5.74) is 3.07. The number of benzene rings is 1. The van der Waals surface area contributed by atoms with Crippen LogP contribution in [0.1, 0.15) is 68.9 Å². The molecule has 3 saturated carbocycles. The van der Waals surface area contributed by atoms with Gasteiger partial charge in [0.05, 0.1) is 0 Å². The lowest BCUT2D eigenvalue weighted by Crippen LogP contribution is -2.46. The molecule has 3 aliphatic carbocycles. The van der Waals surface area contributed by atoms with Crippen LogP contribution in [0.15, 0.2) is 24.3 Å². The molecule has 1 aromatic rings. The summed E-state index contributed by atoms with van der Waals surface area (Å²) in [5.74, 6) is 3.57. The molecule has 1 spiro atoms. The van der Waals surface area contributed by atoms with E-state index in [0.29, 0.717) is 35.4 Å². The van der Waals surface area contributed by atoms with Gasteiger partial charge in [0.25, 0.3) is 0 Å². The van der Waals surface area contributed by atoms with Crippen molar-refractivity contribution < 1.29 is 9.59 Å². The van der Waals surface area contributed by atoms with Crippen LogP contribution in [0.5, 0.6) is 0 Å². The number of piperidine rings is 1. The molecule has 0 bridgehead atoms. The van der Waals surface area contributed by atoms with Gasteiger partial charge in [0.1, 0.15) is 5.78 Å². The Morgan fingerprint density at radius 1 is 1.12 bits per heavy atom. The Balaban J connectivity index is 1.16. The zero-order valence-corrected chi connectivity index (χ0v) is 15.9. The van der Waals surface area contributed by atoms with Crippen molar-refractivity contribution in [3.63, 3.8) is 0 Å². The van der Waals surface area contributed by atoms with Gasteiger partial charge in [0, 0.05) is 31.8 Å². The molecule has 1 amide bonds. The minimum atomic E-state index is 0.196. The number of carbonyl (C=O) groups excluding carboxylic acids is 2. The first kappa shape index (κ1) is 16.5. The fourth-order valence-electron chi connectivity index (χ4n) is 6.07. The number of hydrogen-bond acceptors (Lipinski definition) is 2. The smallest absolute Gasteiger partial charge is 0.225 e. The molecule has 1 aromatic carbocycles. The van der Waals surface area contributed by atoms with E-state index in [1.54, 1.807) is 0 Å². The van der Waals surface area contributed by atoms with Gasteiger partial charge in [0.15, 0.2) is 0 Å². The van der Waals surface area contributed by atoms with Gasteiger partial charge in [-0.15, -0.1) is 0 Å². The Kier molecular flexibility index (Phi) is 3.61. The lowest BCUT2D eigenvalue weighted by atomic mass is 9.60. The summed E-state index contributed by atoms with van der Waals surface area (Å²) in [6.07, 6.45) is 4.42. The second-order valence-corrected chi connectivity index (χ2v) is 9.74. The predicted octanol–water partition coefficient (Wildman–Crippen LogP) is 4.13. The Morgan fingerprint density at radius 2 is 1.77 bits per heavy atom. The molecule has 1 aliphatic heterocycles. The maximum absolute atomic E-state index is 12.8. The molecule has 3 heteroatoms. The van der Waals surface area contributed by atoms with E-state index in [1.807, 2.05) is 0 Å². The molecular weight excluding hydrogens is 322 g/mol. The van der Waals surface area contributed by atoms with Gasteiger partial charge in [-0.1, -0.05) is 38.1 Å². The first-order valence-electron chi connectivity index (χ1n) is 10.4. The van der Waals surface area contributed by atoms with Crippen molar-refractivity contribution in [2.24, 2.45) is 23.2 Å². The van der Waals surface area contributed by atoms with E-state index in [4.69, 9.17) is 0 Å². The van der Waals surface area contributed by atoms with Crippen molar-refractivity contribution in [1.82, 2.24) is 4.90 Å².